The molecule has 0 bridgehead atoms. The maximum atomic E-state index is 11.8. The van der Waals surface area contributed by atoms with Crippen molar-refractivity contribution in [2.24, 2.45) is 46.3 Å². The number of ether oxygens (including phenoxy) is 2. The van der Waals surface area contributed by atoms with Crippen molar-refractivity contribution in [2.45, 2.75) is 97.5 Å². The summed E-state index contributed by atoms with van der Waals surface area (Å²) in [4.78, 5) is 15.9. The van der Waals surface area contributed by atoms with Gasteiger partial charge in [0.05, 0.1) is 7.11 Å². The van der Waals surface area contributed by atoms with Crippen molar-refractivity contribution < 1.29 is 14.3 Å². The third-order valence-corrected chi connectivity index (χ3v) is 11.7. The van der Waals surface area contributed by atoms with Gasteiger partial charge in [-0.05, 0) is 123 Å². The normalized spacial score (nSPS) is 41.3. The van der Waals surface area contributed by atoms with Gasteiger partial charge in [0, 0.05) is 18.8 Å². The van der Waals surface area contributed by atoms with Crippen LogP contribution in [0.2, 0.25) is 0 Å². The topological polar surface area (TPSA) is 53.4 Å². The number of hydrogen-bond acceptors (Lipinski definition) is 5. The summed E-state index contributed by atoms with van der Waals surface area (Å²) in [6.07, 6.45) is 18.8. The highest BCUT2D eigenvalue weighted by Crippen LogP contribution is 2.68. The van der Waals surface area contributed by atoms with Gasteiger partial charge in [0.25, 0.3) is 5.17 Å². The molecular weight excluding hydrogens is 456 g/mol. The first-order valence-electron chi connectivity index (χ1n) is 14.0. The minimum absolute atomic E-state index is 0.0584. The molecule has 9 atom stereocenters. The zero-order valence-corrected chi connectivity index (χ0v) is 22.9. The van der Waals surface area contributed by atoms with E-state index in [0.29, 0.717) is 28.3 Å². The smallest absolute Gasteiger partial charge is 0.305 e. The van der Waals surface area contributed by atoms with E-state index in [9.17, 15) is 4.79 Å². The number of thiocarbonyl (C=S) groups is 1. The minimum atomic E-state index is -0.0584. The molecule has 0 N–H and O–H groups in total. The molecule has 0 saturated heterocycles. The van der Waals surface area contributed by atoms with Gasteiger partial charge in [0.15, 0.2) is 0 Å². The molecule has 0 amide bonds. The Bertz CT molecular complexity index is 919. The van der Waals surface area contributed by atoms with E-state index in [4.69, 9.17) is 21.7 Å². The Hall–Kier alpha value is -1.43. The summed E-state index contributed by atoms with van der Waals surface area (Å²) < 4.78 is 13.0. The molecule has 5 rings (SSSR count). The number of nitrogens with zero attached hydrogens (tertiary/aromatic N) is 2. The Labute approximate surface area is 216 Å². The first kappa shape index (κ1) is 25.2. The van der Waals surface area contributed by atoms with Gasteiger partial charge in [-0.2, -0.15) is 0 Å². The van der Waals surface area contributed by atoms with E-state index in [0.717, 1.165) is 48.9 Å². The van der Waals surface area contributed by atoms with Crippen LogP contribution in [0.4, 0.5) is 0 Å². The summed E-state index contributed by atoms with van der Waals surface area (Å²) in [5.41, 5.74) is 0.881. The number of carbonyl (C=O) groups is 1. The van der Waals surface area contributed by atoms with Crippen molar-refractivity contribution in [1.29, 1.82) is 0 Å². The third kappa shape index (κ3) is 4.46. The van der Waals surface area contributed by atoms with E-state index in [1.807, 2.05) is 10.8 Å². The lowest BCUT2D eigenvalue weighted by atomic mass is 9.44. The second-order valence-corrected chi connectivity index (χ2v) is 13.1. The number of aromatic nitrogens is 2. The molecule has 4 aliphatic rings. The fourth-order valence-electron chi connectivity index (χ4n) is 9.52. The van der Waals surface area contributed by atoms with Gasteiger partial charge in [-0.3, -0.25) is 9.36 Å². The predicted octanol–water partition coefficient (Wildman–Crippen LogP) is 6.65. The van der Waals surface area contributed by atoms with Gasteiger partial charge in [0.1, 0.15) is 12.4 Å². The highest BCUT2D eigenvalue weighted by molar-refractivity contribution is 7.80. The lowest BCUT2D eigenvalue weighted by Gasteiger charge is -2.61. The molecule has 4 saturated carbocycles. The van der Waals surface area contributed by atoms with Crippen molar-refractivity contribution in [3.63, 3.8) is 0 Å². The maximum absolute atomic E-state index is 11.8. The minimum Gasteiger partial charge on any atom is -0.469 e. The summed E-state index contributed by atoms with van der Waals surface area (Å²) in [6.45, 7) is 7.62. The number of imidazole rings is 1. The summed E-state index contributed by atoms with van der Waals surface area (Å²) in [5.74, 6) is 4.61. The van der Waals surface area contributed by atoms with E-state index in [2.05, 4.69) is 25.8 Å². The molecule has 1 aromatic heterocycles. The first-order valence-corrected chi connectivity index (χ1v) is 14.4. The first-order chi connectivity index (χ1) is 16.8. The van der Waals surface area contributed by atoms with Gasteiger partial charge >= 0.3 is 5.97 Å². The van der Waals surface area contributed by atoms with Crippen LogP contribution in [0.1, 0.15) is 91.4 Å². The van der Waals surface area contributed by atoms with Crippen molar-refractivity contribution in [3.05, 3.63) is 18.7 Å². The number of carbonyl (C=O) groups excluding carboxylic acids is 1. The number of hydrogen-bond donors (Lipinski definition) is 0. The van der Waals surface area contributed by atoms with Crippen LogP contribution < -0.4 is 0 Å². The number of fused-ring (bicyclic) bond motifs is 5. The Kier molecular flexibility index (Phi) is 7.06. The third-order valence-electron chi connectivity index (χ3n) is 11.4. The second kappa shape index (κ2) is 9.79. The summed E-state index contributed by atoms with van der Waals surface area (Å²) in [5, 5.41) is 0.538. The fraction of sp³-hybridized carbons (Fsp3) is 0.828. The standard InChI is InChI=1S/C29H44N2O3S/c1-19(5-10-26(32)33-4)23-8-9-24-22-7-6-20-17-21(34-27(35)31-16-15-30-18-31)11-13-28(20,2)25(22)12-14-29(23,24)3/h15-16,18-25H,5-14,17H2,1-4H3/t19-,20-,21-,22+,23-,24+,25+,28+,29-/m1/s1. The van der Waals surface area contributed by atoms with Crippen molar-refractivity contribution in [2.75, 3.05) is 7.11 Å². The van der Waals surface area contributed by atoms with Crippen LogP contribution in [0, 0.1) is 46.3 Å². The fourth-order valence-corrected chi connectivity index (χ4v) is 9.76. The molecule has 0 spiro atoms. The quantitative estimate of drug-likeness (QED) is 0.335. The van der Waals surface area contributed by atoms with Crippen molar-refractivity contribution in [1.82, 2.24) is 9.55 Å². The molecule has 4 aliphatic carbocycles. The lowest BCUT2D eigenvalue weighted by molar-refractivity contribution is -0.141. The molecule has 0 radical (unpaired) electrons. The number of rotatable bonds is 5. The van der Waals surface area contributed by atoms with Crippen LogP contribution in [0.3, 0.4) is 0 Å². The largest absolute Gasteiger partial charge is 0.469 e. The van der Waals surface area contributed by atoms with Crippen molar-refractivity contribution in [3.8, 4) is 0 Å². The zero-order chi connectivity index (χ0) is 24.8. The van der Waals surface area contributed by atoms with E-state index in [1.54, 1.807) is 12.5 Å². The molecule has 1 aromatic rings. The molecule has 5 nitrogen and oxygen atoms in total. The van der Waals surface area contributed by atoms with Gasteiger partial charge in [-0.25, -0.2) is 4.98 Å². The van der Waals surface area contributed by atoms with Crippen LogP contribution in [0.15, 0.2) is 18.7 Å². The van der Waals surface area contributed by atoms with Gasteiger partial charge in [-0.1, -0.05) is 20.8 Å². The van der Waals surface area contributed by atoms with Crippen LogP contribution >= 0.6 is 12.2 Å². The van der Waals surface area contributed by atoms with Gasteiger partial charge in [-0.15, -0.1) is 0 Å². The highest BCUT2D eigenvalue weighted by atomic mass is 32.1. The van der Waals surface area contributed by atoms with E-state index >= 15 is 0 Å². The van der Waals surface area contributed by atoms with E-state index in [-0.39, 0.29) is 12.1 Å². The van der Waals surface area contributed by atoms with Gasteiger partial charge < -0.3 is 9.47 Å². The zero-order valence-electron chi connectivity index (χ0n) is 22.1. The molecule has 1 heterocycles. The summed E-state index contributed by atoms with van der Waals surface area (Å²) >= 11 is 5.53. The average molecular weight is 501 g/mol. The molecule has 194 valence electrons. The Morgan fingerprint density at radius 2 is 1.89 bits per heavy atom. The molecular formula is C29H44N2O3S. The Morgan fingerprint density at radius 1 is 1.11 bits per heavy atom. The lowest BCUT2D eigenvalue weighted by Crippen LogP contribution is -2.54. The second-order valence-electron chi connectivity index (χ2n) is 12.7. The molecule has 0 unspecified atom stereocenters. The monoisotopic (exact) mass is 500 g/mol. The van der Waals surface area contributed by atoms with E-state index in [1.165, 1.54) is 52.1 Å². The van der Waals surface area contributed by atoms with Crippen LogP contribution in [-0.4, -0.2) is 33.9 Å². The Morgan fingerprint density at radius 3 is 2.63 bits per heavy atom. The molecule has 6 heteroatoms. The van der Waals surface area contributed by atoms with Crippen LogP contribution in [0.25, 0.3) is 0 Å². The van der Waals surface area contributed by atoms with Crippen LogP contribution in [0.5, 0.6) is 0 Å². The van der Waals surface area contributed by atoms with Crippen LogP contribution in [-0.2, 0) is 14.3 Å². The van der Waals surface area contributed by atoms with E-state index < -0.39 is 0 Å². The predicted molar refractivity (Wildman–Crippen MR) is 141 cm³/mol. The maximum Gasteiger partial charge on any atom is 0.305 e. The molecule has 0 aliphatic heterocycles. The highest BCUT2D eigenvalue weighted by Gasteiger charge is 2.60. The molecule has 0 aromatic carbocycles. The average Bonchev–Trinajstić information content (AvgIpc) is 3.50. The van der Waals surface area contributed by atoms with Crippen molar-refractivity contribution >= 4 is 23.4 Å². The van der Waals surface area contributed by atoms with Gasteiger partial charge in [0.2, 0.25) is 0 Å². The summed E-state index contributed by atoms with van der Waals surface area (Å²) in [6, 6.07) is 0. The molecule has 4 fully saturated rings. The molecule has 35 heavy (non-hydrogen) atoms. The number of esters is 1. The number of methoxy groups -OCH3 is 1. The Balaban J connectivity index is 1.24. The summed E-state index contributed by atoms with van der Waals surface area (Å²) in [7, 11) is 1.51. The SMILES string of the molecule is COC(=O)CC[C@@H](C)[C@H]1CC[C@H]2[C@@H]3CC[C@@H]4C[C@H](OC(=S)n5ccnc5)CC[C@]4(C)[C@H]3CC[C@]12C.